The molecule has 3 heteroatoms. The van der Waals surface area contributed by atoms with E-state index in [9.17, 15) is 0 Å². The zero-order valence-corrected chi connectivity index (χ0v) is 13.2. The molecule has 0 unspecified atom stereocenters. The van der Waals surface area contributed by atoms with Gasteiger partial charge in [-0.05, 0) is 52.2 Å². The summed E-state index contributed by atoms with van der Waals surface area (Å²) >= 11 is 0. The van der Waals surface area contributed by atoms with Gasteiger partial charge in [0.15, 0.2) is 0 Å². The summed E-state index contributed by atoms with van der Waals surface area (Å²) < 4.78 is 5.15. The minimum atomic E-state index is 0.624. The van der Waals surface area contributed by atoms with Crippen molar-refractivity contribution in [2.75, 3.05) is 39.9 Å². The van der Waals surface area contributed by atoms with Crippen LogP contribution in [-0.2, 0) is 4.74 Å². The minimum absolute atomic E-state index is 0.624. The highest BCUT2D eigenvalue weighted by atomic mass is 16.5. The highest BCUT2D eigenvalue weighted by molar-refractivity contribution is 4.63. The van der Waals surface area contributed by atoms with Crippen molar-refractivity contribution in [3.05, 3.63) is 0 Å². The molecule has 0 atom stereocenters. The Morgan fingerprint density at radius 1 is 1.00 bits per heavy atom. The van der Waals surface area contributed by atoms with Gasteiger partial charge in [-0.1, -0.05) is 20.3 Å². The largest absolute Gasteiger partial charge is 0.383 e. The van der Waals surface area contributed by atoms with Crippen LogP contribution in [0.1, 0.15) is 47.0 Å². The van der Waals surface area contributed by atoms with Gasteiger partial charge >= 0.3 is 0 Å². The third-order valence-corrected chi connectivity index (χ3v) is 3.16. The Balaban J connectivity index is 3.43. The summed E-state index contributed by atoms with van der Waals surface area (Å²) in [5, 5.41) is 3.50. The van der Waals surface area contributed by atoms with Crippen LogP contribution in [0.4, 0.5) is 0 Å². The van der Waals surface area contributed by atoms with E-state index in [1.165, 1.54) is 25.8 Å². The molecule has 1 N–H and O–H groups in total. The van der Waals surface area contributed by atoms with Gasteiger partial charge in [0.2, 0.25) is 0 Å². The summed E-state index contributed by atoms with van der Waals surface area (Å²) in [5.74, 6) is 0.760. The Labute approximate surface area is 114 Å². The van der Waals surface area contributed by atoms with E-state index in [1.807, 2.05) is 0 Å². The topological polar surface area (TPSA) is 24.5 Å². The molecule has 0 aliphatic heterocycles. The summed E-state index contributed by atoms with van der Waals surface area (Å²) in [4.78, 5) is 2.51. The van der Waals surface area contributed by atoms with Gasteiger partial charge in [-0.15, -0.1) is 0 Å². The smallest absolute Gasteiger partial charge is 0.0589 e. The standard InChI is InChI=1S/C15H34N2O/c1-14(2)13-16-9-7-6-8-10-17(15(3)4)11-12-18-5/h14-16H,6-13H2,1-5H3. The lowest BCUT2D eigenvalue weighted by Crippen LogP contribution is -2.34. The second-order valence-electron chi connectivity index (χ2n) is 5.78. The molecule has 3 nitrogen and oxygen atoms in total. The highest BCUT2D eigenvalue weighted by Gasteiger charge is 2.07. The van der Waals surface area contributed by atoms with Gasteiger partial charge in [0.05, 0.1) is 6.61 Å². The third kappa shape index (κ3) is 11.0. The van der Waals surface area contributed by atoms with Crippen LogP contribution < -0.4 is 5.32 Å². The van der Waals surface area contributed by atoms with Gasteiger partial charge in [-0.25, -0.2) is 0 Å². The number of hydrogen-bond donors (Lipinski definition) is 1. The van der Waals surface area contributed by atoms with Gasteiger partial charge in [0.25, 0.3) is 0 Å². The maximum Gasteiger partial charge on any atom is 0.0589 e. The van der Waals surface area contributed by atoms with Gasteiger partial charge in [0.1, 0.15) is 0 Å². The van der Waals surface area contributed by atoms with Crippen molar-refractivity contribution < 1.29 is 4.74 Å². The van der Waals surface area contributed by atoms with E-state index in [-0.39, 0.29) is 0 Å². The number of nitrogens with one attached hydrogen (secondary N) is 1. The molecule has 0 saturated heterocycles. The number of hydrogen-bond acceptors (Lipinski definition) is 3. The number of rotatable bonds is 12. The average molecular weight is 258 g/mol. The Bertz CT molecular complexity index is 172. The van der Waals surface area contributed by atoms with Crippen LogP contribution in [0.3, 0.4) is 0 Å². The molecule has 0 aromatic rings. The molecule has 18 heavy (non-hydrogen) atoms. The van der Waals surface area contributed by atoms with Gasteiger partial charge in [-0.2, -0.15) is 0 Å². The summed E-state index contributed by atoms with van der Waals surface area (Å²) in [7, 11) is 1.78. The summed E-state index contributed by atoms with van der Waals surface area (Å²) in [6.07, 6.45) is 3.91. The van der Waals surface area contributed by atoms with Crippen molar-refractivity contribution in [1.29, 1.82) is 0 Å². The SMILES string of the molecule is COCCN(CCCCCNCC(C)C)C(C)C. The number of nitrogens with zero attached hydrogens (tertiary/aromatic N) is 1. The second kappa shape index (κ2) is 11.9. The average Bonchev–Trinajstić information content (AvgIpc) is 2.30. The van der Waals surface area contributed by atoms with Crippen molar-refractivity contribution in [2.24, 2.45) is 5.92 Å². The molecule has 110 valence electrons. The van der Waals surface area contributed by atoms with E-state index >= 15 is 0 Å². The minimum Gasteiger partial charge on any atom is -0.383 e. The van der Waals surface area contributed by atoms with Crippen molar-refractivity contribution in [3.63, 3.8) is 0 Å². The van der Waals surface area contributed by atoms with Crippen LogP contribution in [0.2, 0.25) is 0 Å². The quantitative estimate of drug-likeness (QED) is 0.545. The maximum absolute atomic E-state index is 5.15. The maximum atomic E-state index is 5.15. The van der Waals surface area contributed by atoms with Crippen molar-refractivity contribution >= 4 is 0 Å². The Kier molecular flexibility index (Phi) is 11.9. The van der Waals surface area contributed by atoms with Crippen molar-refractivity contribution in [1.82, 2.24) is 10.2 Å². The molecule has 0 spiro atoms. The number of unbranched alkanes of at least 4 members (excludes halogenated alkanes) is 2. The predicted octanol–water partition coefficient (Wildman–Crippen LogP) is 2.76. The fraction of sp³-hybridized carbons (Fsp3) is 1.00. The molecule has 0 fully saturated rings. The van der Waals surface area contributed by atoms with E-state index in [0.29, 0.717) is 6.04 Å². The van der Waals surface area contributed by atoms with Crippen molar-refractivity contribution in [3.8, 4) is 0 Å². The lowest BCUT2D eigenvalue weighted by atomic mass is 10.2. The fourth-order valence-corrected chi connectivity index (χ4v) is 1.97. The molecular formula is C15H34N2O. The molecule has 0 radical (unpaired) electrons. The van der Waals surface area contributed by atoms with Crippen LogP contribution in [0.15, 0.2) is 0 Å². The fourth-order valence-electron chi connectivity index (χ4n) is 1.97. The lowest BCUT2D eigenvalue weighted by Gasteiger charge is -2.26. The van der Waals surface area contributed by atoms with E-state index in [1.54, 1.807) is 7.11 Å². The Morgan fingerprint density at radius 3 is 2.28 bits per heavy atom. The highest BCUT2D eigenvalue weighted by Crippen LogP contribution is 2.03. The molecule has 0 rings (SSSR count). The Hall–Kier alpha value is -0.120. The molecule has 0 heterocycles. The molecular weight excluding hydrogens is 224 g/mol. The zero-order chi connectivity index (χ0) is 13.8. The molecule has 0 aliphatic rings. The van der Waals surface area contributed by atoms with E-state index < -0.39 is 0 Å². The second-order valence-corrected chi connectivity index (χ2v) is 5.78. The number of ether oxygens (including phenoxy) is 1. The molecule has 0 saturated carbocycles. The zero-order valence-electron chi connectivity index (χ0n) is 13.2. The van der Waals surface area contributed by atoms with Gasteiger partial charge < -0.3 is 10.1 Å². The first kappa shape index (κ1) is 17.9. The van der Waals surface area contributed by atoms with Gasteiger partial charge in [-0.3, -0.25) is 4.90 Å². The van der Waals surface area contributed by atoms with E-state index in [2.05, 4.69) is 37.9 Å². The molecule has 0 aromatic heterocycles. The molecule has 0 bridgehead atoms. The van der Waals surface area contributed by atoms with Crippen LogP contribution >= 0.6 is 0 Å². The van der Waals surface area contributed by atoms with Crippen LogP contribution in [0.5, 0.6) is 0 Å². The lowest BCUT2D eigenvalue weighted by molar-refractivity contribution is 0.128. The van der Waals surface area contributed by atoms with Crippen molar-refractivity contribution in [2.45, 2.75) is 53.0 Å². The monoisotopic (exact) mass is 258 g/mol. The molecule has 0 amide bonds. The van der Waals surface area contributed by atoms with E-state index in [4.69, 9.17) is 4.74 Å². The third-order valence-electron chi connectivity index (χ3n) is 3.16. The van der Waals surface area contributed by atoms with Crippen LogP contribution in [0.25, 0.3) is 0 Å². The van der Waals surface area contributed by atoms with Gasteiger partial charge in [0, 0.05) is 19.7 Å². The summed E-state index contributed by atoms with van der Waals surface area (Å²) in [5.41, 5.74) is 0. The first-order valence-electron chi connectivity index (χ1n) is 7.51. The number of methoxy groups -OCH3 is 1. The van der Waals surface area contributed by atoms with Crippen LogP contribution in [-0.4, -0.2) is 50.8 Å². The summed E-state index contributed by atoms with van der Waals surface area (Å²) in [6, 6.07) is 0.624. The van der Waals surface area contributed by atoms with Crippen LogP contribution in [0, 0.1) is 5.92 Å². The first-order valence-corrected chi connectivity index (χ1v) is 7.51. The first-order chi connectivity index (χ1) is 8.57. The predicted molar refractivity (Wildman–Crippen MR) is 80.1 cm³/mol. The molecule has 0 aliphatic carbocycles. The Morgan fingerprint density at radius 2 is 1.72 bits per heavy atom. The molecule has 0 aromatic carbocycles. The summed E-state index contributed by atoms with van der Waals surface area (Å²) in [6.45, 7) is 14.4. The van der Waals surface area contributed by atoms with E-state index in [0.717, 1.165) is 32.2 Å². The normalized spacial score (nSPS) is 12.0.